The number of benzene rings is 1. The van der Waals surface area contributed by atoms with E-state index in [1.807, 2.05) is 0 Å². The van der Waals surface area contributed by atoms with Crippen LogP contribution in [0, 0.1) is 0 Å². The van der Waals surface area contributed by atoms with Crippen molar-refractivity contribution in [2.24, 2.45) is 0 Å². The summed E-state index contributed by atoms with van der Waals surface area (Å²) in [6.07, 6.45) is -12.9. The van der Waals surface area contributed by atoms with Gasteiger partial charge in [-0.3, -0.25) is 0 Å². The number of hydrogen-bond acceptors (Lipinski definition) is 5. The van der Waals surface area contributed by atoms with Gasteiger partial charge in [0.25, 0.3) is 5.60 Å². The molecular formula is C16H14F6O6S. The van der Waals surface area contributed by atoms with Crippen molar-refractivity contribution in [2.45, 2.75) is 30.7 Å². The number of alkyl halides is 6. The van der Waals surface area contributed by atoms with Crippen LogP contribution in [0.3, 0.4) is 0 Å². The second-order valence-corrected chi connectivity index (χ2v) is 7.17. The molecule has 1 heterocycles. The molecule has 0 aliphatic carbocycles. The van der Waals surface area contributed by atoms with Gasteiger partial charge in [-0.25, -0.2) is 9.59 Å². The van der Waals surface area contributed by atoms with Crippen LogP contribution < -0.4 is 0 Å². The lowest BCUT2D eigenvalue weighted by atomic mass is 9.91. The molecule has 0 spiro atoms. The molecule has 29 heavy (non-hydrogen) atoms. The summed E-state index contributed by atoms with van der Waals surface area (Å²) in [6, 6.07) is 0.375. The second-order valence-electron chi connectivity index (χ2n) is 6.02. The van der Waals surface area contributed by atoms with Gasteiger partial charge in [0.05, 0.1) is 17.7 Å². The highest BCUT2D eigenvalue weighted by molar-refractivity contribution is 7.99. The molecule has 1 unspecified atom stereocenters. The van der Waals surface area contributed by atoms with Crippen LogP contribution in [0.5, 0.6) is 0 Å². The summed E-state index contributed by atoms with van der Waals surface area (Å²) < 4.78 is 88.2. The van der Waals surface area contributed by atoms with Crippen molar-refractivity contribution >= 4 is 23.7 Å². The predicted octanol–water partition coefficient (Wildman–Crippen LogP) is 3.28. The van der Waals surface area contributed by atoms with Crippen molar-refractivity contribution in [1.29, 1.82) is 0 Å². The lowest BCUT2D eigenvalue weighted by molar-refractivity contribution is -0.222. The average Bonchev–Trinajstić information content (AvgIpc) is 2.59. The number of ether oxygens (including phenoxy) is 2. The van der Waals surface area contributed by atoms with E-state index in [0.29, 0.717) is 5.75 Å². The first-order chi connectivity index (χ1) is 13.3. The summed E-state index contributed by atoms with van der Waals surface area (Å²) in [5.74, 6) is -3.61. The van der Waals surface area contributed by atoms with Crippen LogP contribution in [0.15, 0.2) is 18.2 Å². The zero-order valence-corrected chi connectivity index (χ0v) is 15.2. The first kappa shape index (κ1) is 23.3. The summed E-state index contributed by atoms with van der Waals surface area (Å²) in [5, 5.41) is 18.9. The molecule has 1 fully saturated rings. The van der Waals surface area contributed by atoms with Crippen LogP contribution in [0.1, 0.15) is 16.7 Å². The Morgan fingerprint density at radius 1 is 1.03 bits per heavy atom. The molecule has 1 atom stereocenters. The number of hydrogen-bond donors (Lipinski definition) is 2. The standard InChI is InChI=1S/C16H14F6O6S/c17-15(18,19)9-3-8(4-10(5-9)16(20,21)22)6-14(12(23)24,13(25)26)28-11-7-29-2-1-27-11/h3-5,11H,1-2,6-7H2,(H,23,24)(H,25,26). The van der Waals surface area contributed by atoms with Gasteiger partial charge in [-0.1, -0.05) is 0 Å². The Morgan fingerprint density at radius 2 is 1.55 bits per heavy atom. The Morgan fingerprint density at radius 3 is 1.93 bits per heavy atom. The van der Waals surface area contributed by atoms with Crippen molar-refractivity contribution in [2.75, 3.05) is 18.1 Å². The Kier molecular flexibility index (Phi) is 6.75. The third kappa shape index (κ3) is 5.54. The normalized spacial score (nSPS) is 18.5. The van der Waals surface area contributed by atoms with E-state index in [4.69, 9.17) is 9.47 Å². The maximum Gasteiger partial charge on any atom is 0.416 e. The van der Waals surface area contributed by atoms with Gasteiger partial charge in [-0.05, 0) is 23.8 Å². The minimum atomic E-state index is -5.17. The van der Waals surface area contributed by atoms with E-state index >= 15 is 0 Å². The van der Waals surface area contributed by atoms with Crippen molar-refractivity contribution in [3.8, 4) is 0 Å². The smallest absolute Gasteiger partial charge is 0.416 e. The molecule has 6 nitrogen and oxygen atoms in total. The first-order valence-electron chi connectivity index (χ1n) is 7.88. The van der Waals surface area contributed by atoms with E-state index < -0.39 is 59.3 Å². The number of thioether (sulfide) groups is 1. The van der Waals surface area contributed by atoms with E-state index in [2.05, 4.69) is 0 Å². The highest BCUT2D eigenvalue weighted by atomic mass is 32.2. The Labute approximate surface area is 163 Å². The molecular weight excluding hydrogens is 434 g/mol. The van der Waals surface area contributed by atoms with Crippen LogP contribution in [-0.2, 0) is 37.8 Å². The minimum Gasteiger partial charge on any atom is -0.479 e. The number of carbonyl (C=O) groups is 2. The largest absolute Gasteiger partial charge is 0.479 e. The van der Waals surface area contributed by atoms with Crippen molar-refractivity contribution in [3.63, 3.8) is 0 Å². The van der Waals surface area contributed by atoms with Gasteiger partial charge in [0.15, 0.2) is 6.29 Å². The molecule has 13 heteroatoms. The van der Waals surface area contributed by atoms with Gasteiger partial charge in [0.2, 0.25) is 0 Å². The summed E-state index contributed by atoms with van der Waals surface area (Å²) in [6.45, 7) is 0.104. The molecule has 1 aromatic rings. The number of carboxylic acids is 2. The van der Waals surface area contributed by atoms with Gasteiger partial charge < -0.3 is 19.7 Å². The third-order valence-corrected chi connectivity index (χ3v) is 4.87. The molecule has 0 radical (unpaired) electrons. The Hall–Kier alpha value is -1.99. The van der Waals surface area contributed by atoms with E-state index in [-0.39, 0.29) is 30.6 Å². The third-order valence-electron chi connectivity index (χ3n) is 3.91. The zero-order chi connectivity index (χ0) is 22.0. The summed E-state index contributed by atoms with van der Waals surface area (Å²) >= 11 is 1.25. The average molecular weight is 448 g/mol. The maximum atomic E-state index is 13.0. The fourth-order valence-electron chi connectivity index (χ4n) is 2.55. The molecule has 0 aromatic heterocycles. The lowest BCUT2D eigenvalue weighted by Crippen LogP contribution is -2.54. The zero-order valence-electron chi connectivity index (χ0n) is 14.3. The Bertz CT molecular complexity index is 726. The van der Waals surface area contributed by atoms with E-state index in [1.54, 1.807) is 0 Å². The van der Waals surface area contributed by atoms with Crippen molar-refractivity contribution in [3.05, 3.63) is 34.9 Å². The van der Waals surface area contributed by atoms with Crippen LogP contribution in [0.2, 0.25) is 0 Å². The highest BCUT2D eigenvalue weighted by Gasteiger charge is 2.51. The minimum absolute atomic E-state index is 0.0404. The van der Waals surface area contributed by atoms with Crippen LogP contribution in [-0.4, -0.2) is 52.2 Å². The summed E-state index contributed by atoms with van der Waals surface area (Å²) in [5.41, 5.74) is -7.36. The van der Waals surface area contributed by atoms with E-state index in [0.717, 1.165) is 0 Å². The molecule has 1 aliphatic heterocycles. The monoisotopic (exact) mass is 448 g/mol. The van der Waals surface area contributed by atoms with E-state index in [9.17, 15) is 46.1 Å². The number of halogens is 6. The van der Waals surface area contributed by atoms with Gasteiger partial charge in [-0.15, -0.1) is 0 Å². The molecule has 162 valence electrons. The number of aliphatic carboxylic acids is 2. The van der Waals surface area contributed by atoms with Gasteiger partial charge in [0, 0.05) is 17.9 Å². The van der Waals surface area contributed by atoms with Gasteiger partial charge in [-0.2, -0.15) is 38.1 Å². The van der Waals surface area contributed by atoms with Crippen LogP contribution >= 0.6 is 11.8 Å². The molecule has 1 aromatic carbocycles. The summed E-state index contributed by atoms with van der Waals surface area (Å²) in [7, 11) is 0. The second kappa shape index (κ2) is 8.40. The fraction of sp³-hybridized carbons (Fsp3) is 0.500. The molecule has 0 bridgehead atoms. The number of rotatable bonds is 6. The van der Waals surface area contributed by atoms with E-state index in [1.165, 1.54) is 11.8 Å². The van der Waals surface area contributed by atoms with Crippen molar-refractivity contribution in [1.82, 2.24) is 0 Å². The molecule has 2 N–H and O–H groups in total. The van der Waals surface area contributed by atoms with Crippen LogP contribution in [0.25, 0.3) is 0 Å². The number of carboxylic acid groups (broad SMARTS) is 2. The maximum absolute atomic E-state index is 13.0. The Balaban J connectivity index is 2.51. The van der Waals surface area contributed by atoms with Gasteiger partial charge in [0.1, 0.15) is 0 Å². The SMILES string of the molecule is O=C(O)C(Cc1cc(C(F)(F)F)cc(C(F)(F)F)c1)(OC1CSCCO1)C(=O)O. The molecule has 1 aliphatic rings. The predicted molar refractivity (Wildman–Crippen MR) is 86.3 cm³/mol. The topological polar surface area (TPSA) is 93.1 Å². The molecule has 0 amide bonds. The highest BCUT2D eigenvalue weighted by Crippen LogP contribution is 2.37. The molecule has 0 saturated carbocycles. The lowest BCUT2D eigenvalue weighted by Gasteiger charge is -2.32. The quantitative estimate of drug-likeness (QED) is 0.510. The molecule has 2 rings (SSSR count). The summed E-state index contributed by atoms with van der Waals surface area (Å²) in [4.78, 5) is 23.4. The van der Waals surface area contributed by atoms with Crippen LogP contribution in [0.4, 0.5) is 26.3 Å². The van der Waals surface area contributed by atoms with Gasteiger partial charge >= 0.3 is 24.3 Å². The molecule has 1 saturated heterocycles. The van der Waals surface area contributed by atoms with Crippen molar-refractivity contribution < 1.29 is 55.6 Å². The first-order valence-corrected chi connectivity index (χ1v) is 9.03. The fourth-order valence-corrected chi connectivity index (χ4v) is 3.29.